The topological polar surface area (TPSA) is 94.5 Å². The van der Waals surface area contributed by atoms with Gasteiger partial charge in [-0.1, -0.05) is 51.1 Å². The fourth-order valence-corrected chi connectivity index (χ4v) is 4.70. The fourth-order valence-electron chi connectivity index (χ4n) is 4.70. The van der Waals surface area contributed by atoms with Crippen LogP contribution in [0.1, 0.15) is 91.6 Å². The third-order valence-corrected chi connectivity index (χ3v) is 6.53. The quantitative estimate of drug-likeness (QED) is 0.239. The van der Waals surface area contributed by atoms with Crippen LogP contribution in [0.4, 0.5) is 13.6 Å². The van der Waals surface area contributed by atoms with Crippen LogP contribution in [0.2, 0.25) is 0 Å². The van der Waals surface area contributed by atoms with E-state index in [4.69, 9.17) is 14.6 Å². The summed E-state index contributed by atoms with van der Waals surface area (Å²) in [5.74, 6) is -1.74. The lowest BCUT2D eigenvalue weighted by Crippen LogP contribution is -2.47. The monoisotopic (exact) mass is 612 g/mol. The molecule has 0 radical (unpaired) electrons. The van der Waals surface area contributed by atoms with Crippen molar-refractivity contribution in [3.8, 4) is 5.69 Å². The first-order valence-electron chi connectivity index (χ1n) is 14.9. The number of esters is 1. The lowest BCUT2D eigenvalue weighted by atomic mass is 9.81. The maximum Gasteiger partial charge on any atom is 0.408 e. The van der Waals surface area contributed by atoms with Crippen LogP contribution in [-0.4, -0.2) is 45.6 Å². The molecule has 240 valence electrons. The molecule has 0 bridgehead atoms. The number of aromatic nitrogens is 2. The first kappa shape index (κ1) is 34.7. The zero-order valence-corrected chi connectivity index (χ0v) is 27.3. The summed E-state index contributed by atoms with van der Waals surface area (Å²) in [6.07, 6.45) is 1.68. The molecule has 0 saturated heterocycles. The van der Waals surface area contributed by atoms with Crippen molar-refractivity contribution in [2.24, 2.45) is 5.41 Å². The van der Waals surface area contributed by atoms with E-state index in [1.54, 1.807) is 47.7 Å². The third-order valence-electron chi connectivity index (χ3n) is 6.53. The number of nitrogens with one attached hydrogen (secondary N) is 2. The molecule has 3 aromatic rings. The number of carbonyl (C=O) groups is 2. The highest BCUT2D eigenvalue weighted by molar-refractivity contribution is 5.81. The average Bonchev–Trinajstić information content (AvgIpc) is 3.27. The number of amides is 1. The summed E-state index contributed by atoms with van der Waals surface area (Å²) < 4.78 is 41.3. The van der Waals surface area contributed by atoms with E-state index < -0.39 is 40.9 Å². The highest BCUT2D eigenvalue weighted by Crippen LogP contribution is 2.36. The maximum atomic E-state index is 14.8. The predicted molar refractivity (Wildman–Crippen MR) is 167 cm³/mol. The van der Waals surface area contributed by atoms with Crippen LogP contribution in [0.25, 0.3) is 5.69 Å². The van der Waals surface area contributed by atoms with E-state index in [0.29, 0.717) is 18.7 Å². The minimum Gasteiger partial charge on any atom is -0.458 e. The lowest BCUT2D eigenvalue weighted by molar-refractivity contribution is -0.157. The van der Waals surface area contributed by atoms with Gasteiger partial charge >= 0.3 is 12.1 Å². The Hall–Kier alpha value is -3.79. The molecule has 0 saturated carbocycles. The number of alkyl carbamates (subject to hydrolysis) is 1. The molecule has 3 rings (SSSR count). The van der Waals surface area contributed by atoms with Gasteiger partial charge in [-0.25, -0.2) is 23.1 Å². The summed E-state index contributed by atoms with van der Waals surface area (Å²) in [4.78, 5) is 25.7. The Bertz CT molecular complexity index is 1420. The van der Waals surface area contributed by atoms with Gasteiger partial charge in [0.25, 0.3) is 0 Å². The molecule has 2 N–H and O–H groups in total. The van der Waals surface area contributed by atoms with Crippen molar-refractivity contribution in [3.63, 3.8) is 0 Å². The van der Waals surface area contributed by atoms with E-state index in [9.17, 15) is 18.4 Å². The van der Waals surface area contributed by atoms with Crippen LogP contribution < -0.4 is 10.6 Å². The van der Waals surface area contributed by atoms with Gasteiger partial charge in [-0.2, -0.15) is 5.10 Å². The second-order valence-corrected chi connectivity index (χ2v) is 14.0. The molecule has 2 atom stereocenters. The summed E-state index contributed by atoms with van der Waals surface area (Å²) in [7, 11) is 0. The first-order chi connectivity index (χ1) is 20.3. The Labute approximate surface area is 259 Å². The second-order valence-electron chi connectivity index (χ2n) is 14.0. The van der Waals surface area contributed by atoms with Gasteiger partial charge in [0.2, 0.25) is 0 Å². The van der Waals surface area contributed by atoms with Gasteiger partial charge in [-0.3, -0.25) is 0 Å². The predicted octanol–water partition coefficient (Wildman–Crippen LogP) is 7.04. The SMILES string of the molecule is CC(C)(C)OC(=O)N[C@@H](CCN[C@@H](c1cn(-c2cc(F)ccc2F)nc1Cc1ccccc1)C(C)(C)C)C(=O)OC(C)(C)C. The molecule has 10 heteroatoms. The van der Waals surface area contributed by atoms with Crippen molar-refractivity contribution in [3.05, 3.63) is 83.2 Å². The molecule has 0 spiro atoms. The van der Waals surface area contributed by atoms with Crippen LogP contribution in [0.15, 0.2) is 54.7 Å². The molecule has 44 heavy (non-hydrogen) atoms. The van der Waals surface area contributed by atoms with E-state index in [-0.39, 0.29) is 23.6 Å². The van der Waals surface area contributed by atoms with E-state index in [1.807, 2.05) is 30.3 Å². The van der Waals surface area contributed by atoms with Crippen LogP contribution in [0.5, 0.6) is 0 Å². The Morgan fingerprint density at radius 3 is 2.14 bits per heavy atom. The minimum absolute atomic E-state index is 0.00442. The molecule has 0 fully saturated rings. The van der Waals surface area contributed by atoms with E-state index in [2.05, 4.69) is 31.4 Å². The van der Waals surface area contributed by atoms with Crippen molar-refractivity contribution in [2.45, 2.75) is 98.4 Å². The number of ether oxygens (including phenoxy) is 2. The lowest BCUT2D eigenvalue weighted by Gasteiger charge is -2.33. The molecule has 0 aliphatic heterocycles. The van der Waals surface area contributed by atoms with Crippen LogP contribution in [-0.2, 0) is 20.7 Å². The molecule has 1 amide bonds. The number of carbonyl (C=O) groups excluding carboxylic acids is 2. The van der Waals surface area contributed by atoms with E-state index in [1.165, 1.54) is 4.68 Å². The molecular weight excluding hydrogens is 566 g/mol. The van der Waals surface area contributed by atoms with Crippen molar-refractivity contribution < 1.29 is 27.8 Å². The number of nitrogens with zero attached hydrogens (tertiary/aromatic N) is 2. The molecule has 0 aliphatic carbocycles. The Kier molecular flexibility index (Phi) is 10.9. The molecular formula is C34H46F2N4O4. The van der Waals surface area contributed by atoms with Gasteiger partial charge in [0.05, 0.1) is 5.69 Å². The smallest absolute Gasteiger partial charge is 0.408 e. The van der Waals surface area contributed by atoms with Gasteiger partial charge in [-0.15, -0.1) is 0 Å². The number of halogens is 2. The van der Waals surface area contributed by atoms with Crippen LogP contribution in [0.3, 0.4) is 0 Å². The van der Waals surface area contributed by atoms with Crippen LogP contribution in [0, 0.1) is 17.0 Å². The molecule has 8 nitrogen and oxygen atoms in total. The van der Waals surface area contributed by atoms with Gasteiger partial charge in [0.1, 0.15) is 34.6 Å². The largest absolute Gasteiger partial charge is 0.458 e. The molecule has 0 unspecified atom stereocenters. The fraction of sp³-hybridized carbons (Fsp3) is 0.500. The first-order valence-corrected chi connectivity index (χ1v) is 14.9. The summed E-state index contributed by atoms with van der Waals surface area (Å²) in [5, 5.41) is 10.9. The van der Waals surface area contributed by atoms with Crippen molar-refractivity contribution in [1.29, 1.82) is 0 Å². The molecule has 2 aromatic carbocycles. The number of benzene rings is 2. The van der Waals surface area contributed by atoms with Crippen molar-refractivity contribution in [1.82, 2.24) is 20.4 Å². The summed E-state index contributed by atoms with van der Waals surface area (Å²) in [6.45, 7) is 17.0. The van der Waals surface area contributed by atoms with Gasteiger partial charge in [0.15, 0.2) is 0 Å². The standard InChI is InChI=1S/C34H46F2N4O4/c1-32(2,3)29(37-18-17-26(30(41)43-33(4,5)6)38-31(42)44-34(7,8)9)24-21-40(28-20-23(35)15-16-25(28)36)39-27(24)19-22-13-11-10-12-14-22/h10-16,20-21,26,29,37H,17-19H2,1-9H3,(H,38,42)/t26-,29-/m0/s1. The van der Waals surface area contributed by atoms with Crippen molar-refractivity contribution >= 4 is 12.1 Å². The van der Waals surface area contributed by atoms with Gasteiger partial charge in [0, 0.05) is 30.3 Å². The number of rotatable bonds is 10. The van der Waals surface area contributed by atoms with Gasteiger partial charge in [-0.05, 0) is 77.6 Å². The zero-order chi connectivity index (χ0) is 32.9. The Morgan fingerprint density at radius 2 is 1.55 bits per heavy atom. The Balaban J connectivity index is 1.94. The van der Waals surface area contributed by atoms with E-state index in [0.717, 1.165) is 29.3 Å². The van der Waals surface area contributed by atoms with Gasteiger partial charge < -0.3 is 20.1 Å². The Morgan fingerprint density at radius 1 is 0.909 bits per heavy atom. The average molecular weight is 613 g/mol. The third kappa shape index (κ3) is 10.4. The second kappa shape index (κ2) is 13.9. The highest BCUT2D eigenvalue weighted by Gasteiger charge is 2.33. The molecule has 1 aromatic heterocycles. The normalized spacial score (nSPS) is 13.7. The number of hydrogen-bond acceptors (Lipinski definition) is 6. The minimum atomic E-state index is -0.968. The van der Waals surface area contributed by atoms with E-state index >= 15 is 0 Å². The molecule has 0 aliphatic rings. The number of hydrogen-bond donors (Lipinski definition) is 2. The summed E-state index contributed by atoms with van der Waals surface area (Å²) >= 11 is 0. The summed E-state index contributed by atoms with van der Waals surface area (Å²) in [6, 6.07) is 11.8. The highest BCUT2D eigenvalue weighted by atomic mass is 19.1. The summed E-state index contributed by atoms with van der Waals surface area (Å²) in [5.41, 5.74) is 0.665. The van der Waals surface area contributed by atoms with Crippen molar-refractivity contribution in [2.75, 3.05) is 6.54 Å². The van der Waals surface area contributed by atoms with Crippen LogP contribution >= 0.6 is 0 Å². The zero-order valence-electron chi connectivity index (χ0n) is 27.3. The molecule has 1 heterocycles. The maximum absolute atomic E-state index is 14.8.